The molecule has 0 saturated heterocycles. The molecule has 4 N–H and O–H groups in total. The minimum absolute atomic E-state index is 0.203. The van der Waals surface area contributed by atoms with Crippen molar-refractivity contribution in [2.24, 2.45) is 5.73 Å². The number of fused-ring (bicyclic) bond motifs is 2. The second-order valence-electron chi connectivity index (χ2n) is 8.23. The topological polar surface area (TPSA) is 91.1 Å². The molecule has 2 aromatic carbocycles. The van der Waals surface area contributed by atoms with Crippen LogP contribution in [0.1, 0.15) is 47.1 Å². The molecule has 4 aromatic rings. The number of hydrogen-bond donors (Lipinski definition) is 3. The highest BCUT2D eigenvalue weighted by Gasteiger charge is 2.28. The Bertz CT molecular complexity index is 1170. The van der Waals surface area contributed by atoms with Crippen molar-refractivity contribution >= 4 is 11.0 Å². The van der Waals surface area contributed by atoms with Crippen molar-refractivity contribution in [1.82, 2.24) is 19.9 Å². The standard InChI is InChI=1S/C25H27N5O/c26-14-19-11-10-17(13-23(19)31)15-30(16-24-28-20-7-1-2-8-21(20)29-24)22-9-3-5-18-6-4-12-27-25(18)22/h1-2,4,6-8,10-13,22,31H,3,5,9,14-16,26H2,(H,28,29). The van der Waals surface area contributed by atoms with E-state index in [4.69, 9.17) is 15.7 Å². The largest absolute Gasteiger partial charge is 0.508 e. The minimum Gasteiger partial charge on any atom is -0.508 e. The molecule has 2 heterocycles. The molecule has 0 aliphatic heterocycles. The zero-order valence-corrected chi connectivity index (χ0v) is 17.5. The third-order valence-corrected chi connectivity index (χ3v) is 6.15. The van der Waals surface area contributed by atoms with Gasteiger partial charge in [0.2, 0.25) is 0 Å². The van der Waals surface area contributed by atoms with E-state index in [-0.39, 0.29) is 11.8 Å². The highest BCUT2D eigenvalue weighted by molar-refractivity contribution is 5.74. The highest BCUT2D eigenvalue weighted by Crippen LogP contribution is 2.35. The number of phenols is 1. The third-order valence-electron chi connectivity index (χ3n) is 6.15. The second kappa shape index (κ2) is 8.49. The van der Waals surface area contributed by atoms with Crippen molar-refractivity contribution in [2.45, 2.75) is 44.9 Å². The Morgan fingerprint density at radius 3 is 2.84 bits per heavy atom. The summed E-state index contributed by atoms with van der Waals surface area (Å²) in [4.78, 5) is 15.4. The molecule has 0 radical (unpaired) electrons. The fraction of sp³-hybridized carbons (Fsp3) is 0.280. The Kier molecular flexibility index (Phi) is 5.40. The van der Waals surface area contributed by atoms with Crippen LogP contribution < -0.4 is 5.73 Å². The number of para-hydroxylation sites is 2. The fourth-order valence-electron chi connectivity index (χ4n) is 4.60. The van der Waals surface area contributed by atoms with Crippen LogP contribution in [0.25, 0.3) is 11.0 Å². The lowest BCUT2D eigenvalue weighted by Gasteiger charge is -2.34. The molecular weight excluding hydrogens is 386 g/mol. The van der Waals surface area contributed by atoms with E-state index in [2.05, 4.69) is 28.1 Å². The van der Waals surface area contributed by atoms with E-state index in [1.807, 2.05) is 42.6 Å². The van der Waals surface area contributed by atoms with Gasteiger partial charge in [-0.2, -0.15) is 0 Å². The van der Waals surface area contributed by atoms with E-state index in [0.717, 1.165) is 52.9 Å². The molecule has 1 unspecified atom stereocenters. The maximum atomic E-state index is 10.3. The average Bonchev–Trinajstić information content (AvgIpc) is 3.21. The summed E-state index contributed by atoms with van der Waals surface area (Å²) >= 11 is 0. The van der Waals surface area contributed by atoms with Crippen molar-refractivity contribution in [3.8, 4) is 5.75 Å². The Labute approximate surface area is 181 Å². The van der Waals surface area contributed by atoms with E-state index in [1.54, 1.807) is 0 Å². The summed E-state index contributed by atoms with van der Waals surface area (Å²) in [7, 11) is 0. The monoisotopic (exact) mass is 413 g/mol. The van der Waals surface area contributed by atoms with Crippen molar-refractivity contribution in [3.05, 3.63) is 89.0 Å². The van der Waals surface area contributed by atoms with Crippen molar-refractivity contribution in [2.75, 3.05) is 0 Å². The van der Waals surface area contributed by atoms with Crippen LogP contribution in [-0.2, 0) is 26.1 Å². The van der Waals surface area contributed by atoms with Gasteiger partial charge in [-0.15, -0.1) is 0 Å². The maximum absolute atomic E-state index is 10.3. The number of benzene rings is 2. The molecule has 31 heavy (non-hydrogen) atoms. The van der Waals surface area contributed by atoms with Crippen molar-refractivity contribution in [1.29, 1.82) is 0 Å². The zero-order valence-electron chi connectivity index (χ0n) is 17.5. The number of pyridine rings is 1. The number of rotatable bonds is 6. The van der Waals surface area contributed by atoms with Crippen LogP contribution in [0.2, 0.25) is 0 Å². The lowest BCUT2D eigenvalue weighted by atomic mass is 9.90. The molecule has 158 valence electrons. The van der Waals surface area contributed by atoms with Crippen molar-refractivity contribution in [3.63, 3.8) is 0 Å². The van der Waals surface area contributed by atoms with Gasteiger partial charge in [0.05, 0.1) is 29.3 Å². The zero-order chi connectivity index (χ0) is 21.2. The molecule has 2 aromatic heterocycles. The van der Waals surface area contributed by atoms with E-state index >= 15 is 0 Å². The molecule has 0 amide bonds. The number of hydrogen-bond acceptors (Lipinski definition) is 5. The van der Waals surface area contributed by atoms with Crippen LogP contribution in [-0.4, -0.2) is 25.0 Å². The Hall–Kier alpha value is -3.22. The van der Waals surface area contributed by atoms with Crippen LogP contribution in [0, 0.1) is 0 Å². The molecule has 5 rings (SSSR count). The van der Waals surface area contributed by atoms with Crippen LogP contribution >= 0.6 is 0 Å². The summed E-state index contributed by atoms with van der Waals surface area (Å²) < 4.78 is 0. The van der Waals surface area contributed by atoms with Gasteiger partial charge in [-0.1, -0.05) is 30.3 Å². The number of nitrogens with zero attached hydrogens (tertiary/aromatic N) is 3. The van der Waals surface area contributed by atoms with Crippen LogP contribution in [0.15, 0.2) is 60.8 Å². The van der Waals surface area contributed by atoms with E-state index in [0.29, 0.717) is 19.6 Å². The van der Waals surface area contributed by atoms with Crippen molar-refractivity contribution < 1.29 is 5.11 Å². The second-order valence-corrected chi connectivity index (χ2v) is 8.23. The molecule has 6 heteroatoms. The third kappa shape index (κ3) is 4.04. The summed E-state index contributed by atoms with van der Waals surface area (Å²) in [5.74, 6) is 1.19. The molecule has 1 aliphatic carbocycles. The van der Waals surface area contributed by atoms with Gasteiger partial charge >= 0.3 is 0 Å². The quantitative estimate of drug-likeness (QED) is 0.441. The van der Waals surface area contributed by atoms with Crippen LogP contribution in [0.4, 0.5) is 0 Å². The molecule has 1 atom stereocenters. The van der Waals surface area contributed by atoms with E-state index in [1.165, 1.54) is 5.56 Å². The molecule has 6 nitrogen and oxygen atoms in total. The number of aromatic nitrogens is 3. The average molecular weight is 414 g/mol. The number of phenolic OH excluding ortho intramolecular Hbond substituents is 1. The number of aryl methyl sites for hydroxylation is 1. The SMILES string of the molecule is NCc1ccc(CN(Cc2nc3ccccc3[nH]2)C2CCCc3cccnc32)cc1O. The molecule has 0 saturated carbocycles. The minimum atomic E-state index is 0.203. The maximum Gasteiger partial charge on any atom is 0.121 e. The van der Waals surface area contributed by atoms with Gasteiger partial charge in [-0.3, -0.25) is 9.88 Å². The first-order valence-corrected chi connectivity index (χ1v) is 10.8. The molecule has 0 fully saturated rings. The smallest absolute Gasteiger partial charge is 0.121 e. The molecule has 1 aliphatic rings. The fourth-order valence-corrected chi connectivity index (χ4v) is 4.60. The van der Waals surface area contributed by atoms with Crippen LogP contribution in [0.5, 0.6) is 5.75 Å². The predicted octanol–water partition coefficient (Wildman–Crippen LogP) is 4.20. The van der Waals surface area contributed by atoms with Gasteiger partial charge in [0.1, 0.15) is 11.6 Å². The summed E-state index contributed by atoms with van der Waals surface area (Å²) in [6.45, 7) is 1.69. The van der Waals surface area contributed by atoms with E-state index in [9.17, 15) is 5.11 Å². The number of imidazole rings is 1. The summed E-state index contributed by atoms with van der Waals surface area (Å²) in [6, 6.07) is 18.3. The Morgan fingerprint density at radius 2 is 2.00 bits per heavy atom. The van der Waals surface area contributed by atoms with Gasteiger partial charge < -0.3 is 15.8 Å². The Balaban J connectivity index is 1.50. The summed E-state index contributed by atoms with van der Waals surface area (Å²) in [6.07, 6.45) is 5.15. The number of aromatic hydroxyl groups is 1. The lowest BCUT2D eigenvalue weighted by molar-refractivity contribution is 0.153. The van der Waals surface area contributed by atoms with Crippen LogP contribution in [0.3, 0.4) is 0 Å². The molecular formula is C25H27N5O. The van der Waals surface area contributed by atoms with Gasteiger partial charge in [-0.05, 0) is 54.7 Å². The normalized spacial score (nSPS) is 16.0. The lowest BCUT2D eigenvalue weighted by Crippen LogP contribution is -2.31. The Morgan fingerprint density at radius 1 is 1.10 bits per heavy atom. The summed E-state index contributed by atoms with van der Waals surface area (Å²) in [5.41, 5.74) is 12.0. The van der Waals surface area contributed by atoms with Gasteiger partial charge in [0.25, 0.3) is 0 Å². The van der Waals surface area contributed by atoms with Gasteiger partial charge in [0, 0.05) is 24.8 Å². The number of H-pyrrole nitrogens is 1. The summed E-state index contributed by atoms with van der Waals surface area (Å²) in [5, 5.41) is 10.3. The number of aromatic amines is 1. The number of nitrogens with one attached hydrogen (secondary N) is 1. The van der Waals surface area contributed by atoms with Gasteiger partial charge in [0.15, 0.2) is 0 Å². The first-order valence-electron chi connectivity index (χ1n) is 10.8. The highest BCUT2D eigenvalue weighted by atomic mass is 16.3. The predicted molar refractivity (Wildman–Crippen MR) is 121 cm³/mol. The first kappa shape index (κ1) is 19.7. The van der Waals surface area contributed by atoms with E-state index < -0.39 is 0 Å². The van der Waals surface area contributed by atoms with Gasteiger partial charge in [-0.25, -0.2) is 4.98 Å². The molecule has 0 bridgehead atoms. The molecule has 0 spiro atoms. The number of nitrogens with two attached hydrogens (primary N) is 1. The first-order chi connectivity index (χ1) is 15.2.